The Bertz CT molecular complexity index is 408. The summed E-state index contributed by atoms with van der Waals surface area (Å²) in [6.07, 6.45) is 2.42. The number of benzene rings is 1. The van der Waals surface area contributed by atoms with Crippen LogP contribution in [0, 0.1) is 0 Å². The van der Waals surface area contributed by atoms with Gasteiger partial charge in [0.1, 0.15) is 5.75 Å². The predicted octanol–water partition coefficient (Wildman–Crippen LogP) is 2.76. The molecule has 2 rings (SSSR count). The summed E-state index contributed by atoms with van der Waals surface area (Å²) in [6, 6.07) is 5.76. The molecule has 0 bridgehead atoms. The molecule has 3 heteroatoms. The van der Waals surface area contributed by atoms with Crippen LogP contribution in [0.5, 0.6) is 5.75 Å². The van der Waals surface area contributed by atoms with Crippen molar-refractivity contribution in [3.63, 3.8) is 0 Å². The molecule has 1 atom stereocenters. The van der Waals surface area contributed by atoms with Gasteiger partial charge in [-0.1, -0.05) is 12.1 Å². The van der Waals surface area contributed by atoms with E-state index in [1.165, 1.54) is 18.4 Å². The Morgan fingerprint density at radius 2 is 2.19 bits per heavy atom. The normalized spacial score (nSPS) is 16.9. The van der Waals surface area contributed by atoms with E-state index in [-0.39, 0.29) is 0 Å². The second-order valence-corrected chi connectivity index (χ2v) is 4.34. The predicted molar refractivity (Wildman–Crippen MR) is 61.0 cm³/mol. The maximum atomic E-state index is 10.9. The van der Waals surface area contributed by atoms with Crippen molar-refractivity contribution in [2.75, 3.05) is 7.11 Å². The van der Waals surface area contributed by atoms with Crippen molar-refractivity contribution >= 4 is 5.97 Å². The number of carboxylic acids is 1. The molecule has 0 saturated heterocycles. The first kappa shape index (κ1) is 11.0. The number of ether oxygens (including phenoxy) is 1. The lowest BCUT2D eigenvalue weighted by atomic mass is 9.98. The molecule has 0 radical (unpaired) electrons. The Morgan fingerprint density at radius 1 is 1.50 bits per heavy atom. The van der Waals surface area contributed by atoms with E-state index in [1.807, 2.05) is 18.2 Å². The molecule has 86 valence electrons. The second-order valence-electron chi connectivity index (χ2n) is 4.34. The van der Waals surface area contributed by atoms with Gasteiger partial charge in [-0.05, 0) is 42.9 Å². The Balaban J connectivity index is 2.32. The van der Waals surface area contributed by atoms with Gasteiger partial charge in [-0.25, -0.2) is 0 Å². The van der Waals surface area contributed by atoms with Gasteiger partial charge in [-0.15, -0.1) is 0 Å². The maximum Gasteiger partial charge on any atom is 0.310 e. The zero-order valence-corrected chi connectivity index (χ0v) is 9.56. The highest BCUT2D eigenvalue weighted by Gasteiger charge is 2.27. The third-order valence-electron chi connectivity index (χ3n) is 3.15. The molecule has 0 heterocycles. The topological polar surface area (TPSA) is 46.5 Å². The molecule has 1 aromatic carbocycles. The largest absolute Gasteiger partial charge is 0.496 e. The summed E-state index contributed by atoms with van der Waals surface area (Å²) in [5.41, 5.74) is 2.01. The number of aliphatic carboxylic acids is 1. The number of carbonyl (C=O) groups is 1. The van der Waals surface area contributed by atoms with Gasteiger partial charge in [0.05, 0.1) is 13.0 Å². The van der Waals surface area contributed by atoms with Gasteiger partial charge >= 0.3 is 5.97 Å². The van der Waals surface area contributed by atoms with E-state index in [4.69, 9.17) is 9.84 Å². The second kappa shape index (κ2) is 4.16. The van der Waals surface area contributed by atoms with Crippen LogP contribution in [-0.2, 0) is 4.79 Å². The van der Waals surface area contributed by atoms with Crippen LogP contribution < -0.4 is 4.74 Å². The minimum atomic E-state index is -0.804. The zero-order valence-electron chi connectivity index (χ0n) is 9.56. The van der Waals surface area contributed by atoms with Crippen LogP contribution in [0.1, 0.15) is 42.7 Å². The SMILES string of the molecule is COc1cc(C(C)C(=O)O)ccc1C1CC1. The minimum Gasteiger partial charge on any atom is -0.496 e. The van der Waals surface area contributed by atoms with Crippen molar-refractivity contribution in [3.8, 4) is 5.75 Å². The summed E-state index contributed by atoms with van der Waals surface area (Å²) in [4.78, 5) is 10.9. The Hall–Kier alpha value is -1.51. The van der Waals surface area contributed by atoms with E-state index < -0.39 is 11.9 Å². The van der Waals surface area contributed by atoms with E-state index in [1.54, 1.807) is 14.0 Å². The summed E-state index contributed by atoms with van der Waals surface area (Å²) in [5, 5.41) is 8.95. The molecule has 0 spiro atoms. The van der Waals surface area contributed by atoms with E-state index in [0.29, 0.717) is 5.92 Å². The number of methoxy groups -OCH3 is 1. The molecule has 0 aromatic heterocycles. The Kier molecular flexibility index (Phi) is 2.86. The Morgan fingerprint density at radius 3 is 2.69 bits per heavy atom. The van der Waals surface area contributed by atoms with Crippen LogP contribution in [0.15, 0.2) is 18.2 Å². The fourth-order valence-electron chi connectivity index (χ4n) is 1.87. The van der Waals surface area contributed by atoms with Crippen LogP contribution in [0.4, 0.5) is 0 Å². The molecule has 1 aromatic rings. The molecule has 1 aliphatic rings. The standard InChI is InChI=1S/C13H16O3/c1-8(13(14)15)10-5-6-11(9-3-4-9)12(7-10)16-2/h5-9H,3-4H2,1-2H3,(H,14,15). The quantitative estimate of drug-likeness (QED) is 0.848. The molecule has 1 aliphatic carbocycles. The summed E-state index contributed by atoms with van der Waals surface area (Å²) >= 11 is 0. The van der Waals surface area contributed by atoms with Crippen molar-refractivity contribution in [1.29, 1.82) is 0 Å². The highest BCUT2D eigenvalue weighted by molar-refractivity contribution is 5.75. The molecule has 1 fully saturated rings. The highest BCUT2D eigenvalue weighted by Crippen LogP contribution is 2.44. The average molecular weight is 220 g/mol. The van der Waals surface area contributed by atoms with Crippen LogP contribution in [0.25, 0.3) is 0 Å². The lowest BCUT2D eigenvalue weighted by Gasteiger charge is -2.12. The van der Waals surface area contributed by atoms with Gasteiger partial charge in [0, 0.05) is 0 Å². The summed E-state index contributed by atoms with van der Waals surface area (Å²) in [5.74, 6) is 0.153. The van der Waals surface area contributed by atoms with Crippen LogP contribution in [-0.4, -0.2) is 18.2 Å². The third kappa shape index (κ3) is 2.03. The number of hydrogen-bond donors (Lipinski definition) is 1. The van der Waals surface area contributed by atoms with Crippen molar-refractivity contribution in [2.45, 2.75) is 31.6 Å². The molecule has 16 heavy (non-hydrogen) atoms. The van der Waals surface area contributed by atoms with Crippen molar-refractivity contribution in [3.05, 3.63) is 29.3 Å². The minimum absolute atomic E-state index is 0.484. The van der Waals surface area contributed by atoms with E-state index >= 15 is 0 Å². The molecule has 3 nitrogen and oxygen atoms in total. The molecule has 1 N–H and O–H groups in total. The maximum absolute atomic E-state index is 10.9. The van der Waals surface area contributed by atoms with Gasteiger partial charge in [0.15, 0.2) is 0 Å². The van der Waals surface area contributed by atoms with E-state index in [0.717, 1.165) is 11.3 Å². The van der Waals surface area contributed by atoms with Crippen LogP contribution >= 0.6 is 0 Å². The molecule has 0 amide bonds. The first-order chi connectivity index (χ1) is 7.63. The van der Waals surface area contributed by atoms with Gasteiger partial charge in [0.2, 0.25) is 0 Å². The number of hydrogen-bond acceptors (Lipinski definition) is 2. The Labute approximate surface area is 95.0 Å². The number of carboxylic acid groups (broad SMARTS) is 1. The molecule has 1 unspecified atom stereocenters. The van der Waals surface area contributed by atoms with Gasteiger partial charge in [0.25, 0.3) is 0 Å². The average Bonchev–Trinajstić information content (AvgIpc) is 3.11. The van der Waals surface area contributed by atoms with Gasteiger partial charge < -0.3 is 9.84 Å². The first-order valence-electron chi connectivity index (χ1n) is 5.54. The fourth-order valence-corrected chi connectivity index (χ4v) is 1.87. The lowest BCUT2D eigenvalue weighted by Crippen LogP contribution is -2.07. The summed E-state index contributed by atoms with van der Waals surface area (Å²) in [6.45, 7) is 1.69. The summed E-state index contributed by atoms with van der Waals surface area (Å²) in [7, 11) is 1.64. The van der Waals surface area contributed by atoms with Gasteiger partial charge in [-0.3, -0.25) is 4.79 Å². The van der Waals surface area contributed by atoms with E-state index in [9.17, 15) is 4.79 Å². The fraction of sp³-hybridized carbons (Fsp3) is 0.462. The van der Waals surface area contributed by atoms with Gasteiger partial charge in [-0.2, -0.15) is 0 Å². The smallest absolute Gasteiger partial charge is 0.310 e. The molecular weight excluding hydrogens is 204 g/mol. The monoisotopic (exact) mass is 220 g/mol. The third-order valence-corrected chi connectivity index (χ3v) is 3.15. The van der Waals surface area contributed by atoms with Crippen molar-refractivity contribution < 1.29 is 14.6 Å². The van der Waals surface area contributed by atoms with E-state index in [2.05, 4.69) is 0 Å². The number of rotatable bonds is 4. The van der Waals surface area contributed by atoms with Crippen LogP contribution in [0.2, 0.25) is 0 Å². The highest BCUT2D eigenvalue weighted by atomic mass is 16.5. The molecule has 0 aliphatic heterocycles. The van der Waals surface area contributed by atoms with Crippen molar-refractivity contribution in [1.82, 2.24) is 0 Å². The van der Waals surface area contributed by atoms with Crippen LogP contribution in [0.3, 0.4) is 0 Å². The lowest BCUT2D eigenvalue weighted by molar-refractivity contribution is -0.138. The van der Waals surface area contributed by atoms with Crippen molar-refractivity contribution in [2.24, 2.45) is 0 Å². The molecular formula is C13H16O3. The zero-order chi connectivity index (χ0) is 11.7. The molecule has 1 saturated carbocycles. The first-order valence-corrected chi connectivity index (χ1v) is 5.54. The summed E-state index contributed by atoms with van der Waals surface area (Å²) < 4.78 is 5.32.